The number of nitrogens with zero attached hydrogens (tertiary/aromatic N) is 1. The van der Waals surface area contributed by atoms with Crippen molar-refractivity contribution in [3.8, 4) is 0 Å². The average Bonchev–Trinajstić information content (AvgIpc) is 2.24. The summed E-state index contributed by atoms with van der Waals surface area (Å²) in [7, 11) is 0. The van der Waals surface area contributed by atoms with Crippen LogP contribution in [0.3, 0.4) is 0 Å². The summed E-state index contributed by atoms with van der Waals surface area (Å²) < 4.78 is 0. The Morgan fingerprint density at radius 3 is 2.38 bits per heavy atom. The Hall–Kier alpha value is -0.530. The molecule has 0 spiro atoms. The van der Waals surface area contributed by atoms with E-state index in [2.05, 4.69) is 17.5 Å². The van der Waals surface area contributed by atoms with Gasteiger partial charge in [0.15, 0.2) is 0 Å². The maximum absolute atomic E-state index is 3.79. The summed E-state index contributed by atoms with van der Waals surface area (Å²) in [5.41, 5.74) is 2.84. The standard InChI is InChI=1S/C4H8N2.C2H6/c1-4-2-5-6-3-4;1-2/h2,4,6H,3H2,1H3;1-2H3. The van der Waals surface area contributed by atoms with Crippen molar-refractivity contribution in [1.82, 2.24) is 5.43 Å². The first-order chi connectivity index (χ1) is 3.89. The summed E-state index contributed by atoms with van der Waals surface area (Å²) in [4.78, 5) is 0. The molecule has 8 heavy (non-hydrogen) atoms. The van der Waals surface area contributed by atoms with E-state index in [0.29, 0.717) is 5.92 Å². The Morgan fingerprint density at radius 2 is 2.25 bits per heavy atom. The van der Waals surface area contributed by atoms with Crippen molar-refractivity contribution in [2.45, 2.75) is 20.8 Å². The maximum atomic E-state index is 3.79. The molecule has 0 aliphatic carbocycles. The van der Waals surface area contributed by atoms with Gasteiger partial charge in [-0.05, 0) is 0 Å². The molecule has 1 heterocycles. The Balaban J connectivity index is 0.000000222. The molecule has 0 aromatic heterocycles. The van der Waals surface area contributed by atoms with E-state index in [1.165, 1.54) is 0 Å². The van der Waals surface area contributed by atoms with Gasteiger partial charge in [-0.25, -0.2) is 0 Å². The molecule has 0 saturated carbocycles. The summed E-state index contributed by atoms with van der Waals surface area (Å²) >= 11 is 0. The number of rotatable bonds is 0. The Bertz CT molecular complexity index is 68.9. The fraction of sp³-hybridized carbons (Fsp3) is 0.833. The van der Waals surface area contributed by atoms with E-state index in [0.717, 1.165) is 6.54 Å². The number of hydrogen-bond donors (Lipinski definition) is 1. The second-order valence-corrected chi connectivity index (χ2v) is 1.62. The quantitative estimate of drug-likeness (QED) is 0.503. The molecule has 1 rings (SSSR count). The minimum atomic E-state index is 0.644. The molecule has 2 heteroatoms. The highest BCUT2D eigenvalue weighted by molar-refractivity contribution is 5.61. The normalized spacial score (nSPS) is 23.6. The molecule has 0 fully saturated rings. The molecular formula is C6H14N2. The van der Waals surface area contributed by atoms with E-state index in [-0.39, 0.29) is 0 Å². The Kier molecular flexibility index (Phi) is 4.32. The lowest BCUT2D eigenvalue weighted by Crippen LogP contribution is -2.05. The first kappa shape index (κ1) is 7.47. The maximum Gasteiger partial charge on any atom is 0.0405 e. The predicted molar refractivity (Wildman–Crippen MR) is 37.0 cm³/mol. The van der Waals surface area contributed by atoms with Gasteiger partial charge in [-0.3, -0.25) is 0 Å². The molecule has 0 aromatic carbocycles. The van der Waals surface area contributed by atoms with Gasteiger partial charge in [-0.15, -0.1) is 0 Å². The third kappa shape index (κ3) is 2.61. The molecule has 1 unspecified atom stereocenters. The van der Waals surface area contributed by atoms with Crippen molar-refractivity contribution < 1.29 is 0 Å². The summed E-state index contributed by atoms with van der Waals surface area (Å²) in [6, 6.07) is 0. The largest absolute Gasteiger partial charge is 0.310 e. The monoisotopic (exact) mass is 114 g/mol. The zero-order valence-electron chi connectivity index (χ0n) is 5.81. The zero-order valence-corrected chi connectivity index (χ0v) is 5.81. The van der Waals surface area contributed by atoms with Crippen LogP contribution in [0.25, 0.3) is 0 Å². The van der Waals surface area contributed by atoms with Crippen LogP contribution in [0.2, 0.25) is 0 Å². The number of hydrazone groups is 1. The van der Waals surface area contributed by atoms with Crippen LogP contribution in [0.5, 0.6) is 0 Å². The molecule has 0 amide bonds. The van der Waals surface area contributed by atoms with Crippen LogP contribution in [-0.4, -0.2) is 12.8 Å². The van der Waals surface area contributed by atoms with Gasteiger partial charge in [0.1, 0.15) is 0 Å². The lowest BCUT2D eigenvalue weighted by atomic mass is 10.2. The highest BCUT2D eigenvalue weighted by Gasteiger charge is 1.99. The molecule has 1 atom stereocenters. The van der Waals surface area contributed by atoms with E-state index in [9.17, 15) is 0 Å². The smallest absolute Gasteiger partial charge is 0.0405 e. The molecule has 2 nitrogen and oxygen atoms in total. The first-order valence-corrected chi connectivity index (χ1v) is 3.15. The van der Waals surface area contributed by atoms with Gasteiger partial charge in [0.25, 0.3) is 0 Å². The number of nitrogens with one attached hydrogen (secondary N) is 1. The molecule has 0 radical (unpaired) electrons. The zero-order chi connectivity index (χ0) is 6.41. The summed E-state index contributed by atoms with van der Waals surface area (Å²) in [5.74, 6) is 0.644. The SMILES string of the molecule is CC.CC1C=NNC1. The van der Waals surface area contributed by atoms with Crippen molar-refractivity contribution in [1.29, 1.82) is 0 Å². The minimum Gasteiger partial charge on any atom is -0.310 e. The van der Waals surface area contributed by atoms with Gasteiger partial charge in [0.05, 0.1) is 0 Å². The van der Waals surface area contributed by atoms with Crippen LogP contribution in [0.4, 0.5) is 0 Å². The van der Waals surface area contributed by atoms with Crippen LogP contribution < -0.4 is 5.43 Å². The predicted octanol–water partition coefficient (Wildman–Crippen LogP) is 1.24. The Labute approximate surface area is 51.0 Å². The van der Waals surface area contributed by atoms with Crippen molar-refractivity contribution >= 4 is 6.21 Å². The van der Waals surface area contributed by atoms with E-state index in [4.69, 9.17) is 0 Å². The lowest BCUT2D eigenvalue weighted by molar-refractivity contribution is 0.710. The van der Waals surface area contributed by atoms with Crippen LogP contribution in [-0.2, 0) is 0 Å². The third-order valence-corrected chi connectivity index (χ3v) is 0.834. The topological polar surface area (TPSA) is 24.4 Å². The van der Waals surface area contributed by atoms with Gasteiger partial charge in [0.2, 0.25) is 0 Å². The molecule has 0 saturated heterocycles. The van der Waals surface area contributed by atoms with Crippen molar-refractivity contribution in [3.05, 3.63) is 0 Å². The van der Waals surface area contributed by atoms with Crippen LogP contribution in [0.1, 0.15) is 20.8 Å². The summed E-state index contributed by atoms with van der Waals surface area (Å²) in [5, 5.41) is 3.79. The average molecular weight is 114 g/mol. The minimum absolute atomic E-state index is 0.644. The van der Waals surface area contributed by atoms with E-state index < -0.39 is 0 Å². The van der Waals surface area contributed by atoms with Crippen molar-refractivity contribution in [2.75, 3.05) is 6.54 Å². The van der Waals surface area contributed by atoms with Crippen LogP contribution in [0.15, 0.2) is 5.10 Å². The molecule has 48 valence electrons. The molecule has 0 bridgehead atoms. The van der Waals surface area contributed by atoms with Crippen molar-refractivity contribution in [2.24, 2.45) is 11.0 Å². The molecule has 1 N–H and O–H groups in total. The van der Waals surface area contributed by atoms with Gasteiger partial charge in [-0.2, -0.15) is 5.10 Å². The van der Waals surface area contributed by atoms with Crippen LogP contribution in [0, 0.1) is 5.92 Å². The van der Waals surface area contributed by atoms with Gasteiger partial charge in [-0.1, -0.05) is 20.8 Å². The second-order valence-electron chi connectivity index (χ2n) is 1.62. The van der Waals surface area contributed by atoms with Gasteiger partial charge >= 0.3 is 0 Å². The van der Waals surface area contributed by atoms with E-state index in [1.54, 1.807) is 0 Å². The molecule has 1 aliphatic heterocycles. The molecule has 1 aliphatic rings. The van der Waals surface area contributed by atoms with Gasteiger partial charge in [0, 0.05) is 18.7 Å². The first-order valence-electron chi connectivity index (χ1n) is 3.15. The molecular weight excluding hydrogens is 100 g/mol. The van der Waals surface area contributed by atoms with Gasteiger partial charge < -0.3 is 5.43 Å². The second kappa shape index (κ2) is 4.62. The molecule has 0 aromatic rings. The van der Waals surface area contributed by atoms with Crippen LogP contribution >= 0.6 is 0 Å². The van der Waals surface area contributed by atoms with E-state index >= 15 is 0 Å². The summed E-state index contributed by atoms with van der Waals surface area (Å²) in [6.45, 7) is 7.14. The number of hydrogen-bond acceptors (Lipinski definition) is 2. The third-order valence-electron chi connectivity index (χ3n) is 0.834. The fourth-order valence-corrected chi connectivity index (χ4v) is 0.429. The summed E-state index contributed by atoms with van der Waals surface area (Å²) in [6.07, 6.45) is 1.92. The lowest BCUT2D eigenvalue weighted by Gasteiger charge is -1.88. The highest BCUT2D eigenvalue weighted by Crippen LogP contribution is 1.90. The van der Waals surface area contributed by atoms with Crippen molar-refractivity contribution in [3.63, 3.8) is 0 Å². The fourth-order valence-electron chi connectivity index (χ4n) is 0.429. The Morgan fingerprint density at radius 1 is 1.62 bits per heavy atom. The van der Waals surface area contributed by atoms with E-state index in [1.807, 2.05) is 20.1 Å². The highest BCUT2D eigenvalue weighted by atomic mass is 15.3.